The summed E-state index contributed by atoms with van der Waals surface area (Å²) in [6.07, 6.45) is 4.86. The molecule has 3 heteroatoms. The Balaban J connectivity index is 1.99. The van der Waals surface area contributed by atoms with Gasteiger partial charge in [0.25, 0.3) is 0 Å². The minimum Gasteiger partial charge on any atom is -0.464 e. The van der Waals surface area contributed by atoms with Gasteiger partial charge in [0, 0.05) is 23.5 Å². The molecule has 0 amide bonds. The Bertz CT molecular complexity index is 612. The first kappa shape index (κ1) is 12.3. The van der Waals surface area contributed by atoms with E-state index in [0.717, 1.165) is 13.0 Å². The van der Waals surface area contributed by atoms with E-state index in [0.29, 0.717) is 6.61 Å². The van der Waals surface area contributed by atoms with Crippen molar-refractivity contribution in [2.45, 2.75) is 39.2 Å². The van der Waals surface area contributed by atoms with E-state index in [1.54, 1.807) is 0 Å². The summed E-state index contributed by atoms with van der Waals surface area (Å²) in [6.45, 7) is 2.68. The first-order chi connectivity index (χ1) is 9.27. The van der Waals surface area contributed by atoms with Crippen LogP contribution in [0.1, 0.15) is 31.0 Å². The van der Waals surface area contributed by atoms with Crippen LogP contribution >= 0.6 is 0 Å². The Morgan fingerprint density at radius 1 is 1.26 bits per heavy atom. The fourth-order valence-corrected chi connectivity index (χ4v) is 3.12. The van der Waals surface area contributed by atoms with Crippen LogP contribution in [0.4, 0.5) is 0 Å². The van der Waals surface area contributed by atoms with E-state index in [4.69, 9.17) is 4.74 Å². The van der Waals surface area contributed by atoms with Crippen LogP contribution in [-0.2, 0) is 28.9 Å². The number of carbonyl (C=O) groups excluding carboxylic acids is 1. The van der Waals surface area contributed by atoms with Crippen LogP contribution in [-0.4, -0.2) is 17.1 Å². The summed E-state index contributed by atoms with van der Waals surface area (Å²) in [7, 11) is 0. The lowest BCUT2D eigenvalue weighted by Crippen LogP contribution is -2.13. The van der Waals surface area contributed by atoms with Crippen molar-refractivity contribution in [1.82, 2.24) is 4.57 Å². The lowest BCUT2D eigenvalue weighted by Gasteiger charge is -2.15. The Hall–Kier alpha value is -1.77. The standard InChI is InChI=1S/C16H19NO2/c1-12(18)19-11-10-17-15-8-4-2-6-13(15)14-7-3-5-9-16(14)17/h2,4,6,8H,3,5,7,9-11H2,1H3. The number of hydrogen-bond donors (Lipinski definition) is 0. The molecule has 1 aliphatic rings. The predicted octanol–water partition coefficient (Wildman–Crippen LogP) is 3.08. The molecule has 1 heterocycles. The molecule has 19 heavy (non-hydrogen) atoms. The van der Waals surface area contributed by atoms with Crippen molar-refractivity contribution in [3.05, 3.63) is 35.5 Å². The number of hydrogen-bond acceptors (Lipinski definition) is 2. The summed E-state index contributed by atoms with van der Waals surface area (Å²) in [5.41, 5.74) is 4.23. The molecule has 3 rings (SSSR count). The number of benzene rings is 1. The second-order valence-electron chi connectivity index (χ2n) is 5.14. The summed E-state index contributed by atoms with van der Waals surface area (Å²) in [6, 6.07) is 8.56. The van der Waals surface area contributed by atoms with Gasteiger partial charge in [0.15, 0.2) is 0 Å². The van der Waals surface area contributed by atoms with Gasteiger partial charge in [-0.1, -0.05) is 18.2 Å². The average Bonchev–Trinajstić information content (AvgIpc) is 2.74. The highest BCUT2D eigenvalue weighted by molar-refractivity contribution is 5.85. The minimum atomic E-state index is -0.203. The zero-order valence-corrected chi connectivity index (χ0v) is 11.3. The van der Waals surface area contributed by atoms with Gasteiger partial charge in [0.2, 0.25) is 0 Å². The van der Waals surface area contributed by atoms with Gasteiger partial charge < -0.3 is 9.30 Å². The number of rotatable bonds is 3. The SMILES string of the molecule is CC(=O)OCCn1c2c(c3ccccc31)CCCC2. The molecular weight excluding hydrogens is 238 g/mol. The molecule has 0 fully saturated rings. The Morgan fingerprint density at radius 2 is 2.05 bits per heavy atom. The highest BCUT2D eigenvalue weighted by Gasteiger charge is 2.19. The van der Waals surface area contributed by atoms with Crippen LogP contribution in [0.3, 0.4) is 0 Å². The number of ether oxygens (including phenoxy) is 1. The second-order valence-corrected chi connectivity index (χ2v) is 5.14. The number of carbonyl (C=O) groups is 1. The Labute approximate surface area is 113 Å². The van der Waals surface area contributed by atoms with Crippen LogP contribution in [0.5, 0.6) is 0 Å². The molecule has 2 aromatic rings. The van der Waals surface area contributed by atoms with Crippen molar-refractivity contribution < 1.29 is 9.53 Å². The first-order valence-corrected chi connectivity index (χ1v) is 6.99. The van der Waals surface area contributed by atoms with Crippen LogP contribution < -0.4 is 0 Å². The highest BCUT2D eigenvalue weighted by atomic mass is 16.5. The summed E-state index contributed by atoms with van der Waals surface area (Å²) in [5.74, 6) is -0.203. The number of aromatic nitrogens is 1. The molecule has 3 nitrogen and oxygen atoms in total. The van der Waals surface area contributed by atoms with Gasteiger partial charge in [-0.15, -0.1) is 0 Å². The fraction of sp³-hybridized carbons (Fsp3) is 0.438. The summed E-state index contributed by atoms with van der Waals surface area (Å²) in [5, 5.41) is 1.38. The van der Waals surface area contributed by atoms with Crippen LogP contribution in [0.25, 0.3) is 10.9 Å². The van der Waals surface area contributed by atoms with Gasteiger partial charge in [0.1, 0.15) is 6.61 Å². The van der Waals surface area contributed by atoms with Crippen LogP contribution in [0, 0.1) is 0 Å². The van der Waals surface area contributed by atoms with Gasteiger partial charge >= 0.3 is 5.97 Å². The smallest absolute Gasteiger partial charge is 0.302 e. The quantitative estimate of drug-likeness (QED) is 0.791. The normalized spacial score (nSPS) is 14.4. The molecule has 0 spiro atoms. The van der Waals surface area contributed by atoms with Crippen LogP contribution in [0.15, 0.2) is 24.3 Å². The lowest BCUT2D eigenvalue weighted by atomic mass is 9.96. The maximum atomic E-state index is 10.9. The van der Waals surface area contributed by atoms with Crippen molar-refractivity contribution in [2.24, 2.45) is 0 Å². The summed E-state index contributed by atoms with van der Waals surface area (Å²) >= 11 is 0. The molecule has 0 N–H and O–H groups in total. The van der Waals surface area contributed by atoms with Gasteiger partial charge in [-0.25, -0.2) is 0 Å². The molecule has 1 aliphatic carbocycles. The van der Waals surface area contributed by atoms with Crippen molar-refractivity contribution in [3.63, 3.8) is 0 Å². The third-order valence-electron chi connectivity index (χ3n) is 3.90. The zero-order valence-electron chi connectivity index (χ0n) is 11.3. The lowest BCUT2D eigenvalue weighted by molar-refractivity contribution is -0.141. The number of nitrogens with zero attached hydrogens (tertiary/aromatic N) is 1. The van der Waals surface area contributed by atoms with E-state index in [1.807, 2.05) is 0 Å². The molecule has 0 unspecified atom stereocenters. The molecular formula is C16H19NO2. The van der Waals surface area contributed by atoms with Crippen molar-refractivity contribution in [3.8, 4) is 0 Å². The number of para-hydroxylation sites is 1. The van der Waals surface area contributed by atoms with E-state index in [9.17, 15) is 4.79 Å². The molecule has 0 bridgehead atoms. The fourth-order valence-electron chi connectivity index (χ4n) is 3.12. The molecule has 0 radical (unpaired) electrons. The summed E-state index contributed by atoms with van der Waals surface area (Å²) in [4.78, 5) is 10.9. The van der Waals surface area contributed by atoms with E-state index in [1.165, 1.54) is 48.3 Å². The highest BCUT2D eigenvalue weighted by Crippen LogP contribution is 2.31. The maximum absolute atomic E-state index is 10.9. The molecule has 0 saturated heterocycles. The topological polar surface area (TPSA) is 31.2 Å². The molecule has 0 aliphatic heterocycles. The van der Waals surface area contributed by atoms with E-state index < -0.39 is 0 Å². The Kier molecular flexibility index (Phi) is 3.28. The summed E-state index contributed by atoms with van der Waals surface area (Å²) < 4.78 is 7.44. The van der Waals surface area contributed by atoms with Gasteiger partial charge in [-0.2, -0.15) is 0 Å². The van der Waals surface area contributed by atoms with Crippen molar-refractivity contribution in [2.75, 3.05) is 6.61 Å². The second kappa shape index (κ2) is 5.08. The number of aryl methyl sites for hydroxylation is 1. The largest absolute Gasteiger partial charge is 0.464 e. The molecule has 100 valence electrons. The predicted molar refractivity (Wildman–Crippen MR) is 75.2 cm³/mol. The van der Waals surface area contributed by atoms with Gasteiger partial charge in [-0.3, -0.25) is 4.79 Å². The molecule has 0 saturated carbocycles. The van der Waals surface area contributed by atoms with Gasteiger partial charge in [-0.05, 0) is 37.3 Å². The number of esters is 1. The third-order valence-corrected chi connectivity index (χ3v) is 3.90. The third kappa shape index (κ3) is 2.25. The van der Waals surface area contributed by atoms with Crippen LogP contribution in [0.2, 0.25) is 0 Å². The maximum Gasteiger partial charge on any atom is 0.302 e. The first-order valence-electron chi connectivity index (χ1n) is 6.99. The van der Waals surface area contributed by atoms with Crippen molar-refractivity contribution in [1.29, 1.82) is 0 Å². The van der Waals surface area contributed by atoms with Crippen molar-refractivity contribution >= 4 is 16.9 Å². The van der Waals surface area contributed by atoms with E-state index in [2.05, 4.69) is 28.8 Å². The molecule has 0 atom stereocenters. The minimum absolute atomic E-state index is 0.203. The molecule has 1 aromatic carbocycles. The average molecular weight is 257 g/mol. The zero-order chi connectivity index (χ0) is 13.2. The molecule has 1 aromatic heterocycles. The Morgan fingerprint density at radius 3 is 2.89 bits per heavy atom. The van der Waals surface area contributed by atoms with E-state index >= 15 is 0 Å². The monoisotopic (exact) mass is 257 g/mol. The van der Waals surface area contributed by atoms with E-state index in [-0.39, 0.29) is 5.97 Å². The number of fused-ring (bicyclic) bond motifs is 3. The van der Waals surface area contributed by atoms with Gasteiger partial charge in [0.05, 0.1) is 6.54 Å².